The van der Waals surface area contributed by atoms with Crippen molar-refractivity contribution in [2.75, 3.05) is 13.1 Å². The topological polar surface area (TPSA) is 32.3 Å². The van der Waals surface area contributed by atoms with Crippen molar-refractivity contribution in [2.45, 2.75) is 13.0 Å². The monoisotopic (exact) mass is 242 g/mol. The van der Waals surface area contributed by atoms with Crippen LogP contribution in [0.5, 0.6) is 0 Å². The van der Waals surface area contributed by atoms with Crippen LogP contribution in [0.3, 0.4) is 0 Å². The third-order valence-corrected chi connectivity index (χ3v) is 3.01. The van der Waals surface area contributed by atoms with Gasteiger partial charge in [-0.15, -0.1) is 0 Å². The van der Waals surface area contributed by atoms with E-state index in [0.717, 1.165) is 5.56 Å². The third kappa shape index (κ3) is 1.97. The van der Waals surface area contributed by atoms with E-state index in [1.807, 2.05) is 6.92 Å². The molecule has 0 saturated carbocycles. The summed E-state index contributed by atoms with van der Waals surface area (Å²) in [6, 6.07) is 4.32. The number of amides is 2. The van der Waals surface area contributed by atoms with Crippen LogP contribution in [0.4, 0.5) is 9.18 Å². The fraction of sp³-hybridized carbons (Fsp3) is 0.364. The number of benzene rings is 1. The highest BCUT2D eigenvalue weighted by atomic mass is 35.5. The quantitative estimate of drug-likeness (QED) is 0.849. The molecule has 1 atom stereocenters. The molecule has 1 N–H and O–H groups in total. The number of hydrogen-bond acceptors (Lipinski definition) is 1. The lowest BCUT2D eigenvalue weighted by Crippen LogP contribution is -2.27. The lowest BCUT2D eigenvalue weighted by atomic mass is 10.1. The van der Waals surface area contributed by atoms with E-state index in [2.05, 4.69) is 5.32 Å². The summed E-state index contributed by atoms with van der Waals surface area (Å²) in [5, 5.41) is 2.91. The summed E-state index contributed by atoms with van der Waals surface area (Å²) in [5.74, 6) is -0.443. The molecule has 0 spiro atoms. The number of rotatable bonds is 2. The number of hydrogen-bond donors (Lipinski definition) is 1. The van der Waals surface area contributed by atoms with Gasteiger partial charge in [0.05, 0.1) is 11.1 Å². The maximum atomic E-state index is 13.0. The Kier molecular flexibility index (Phi) is 3.01. The molecule has 86 valence electrons. The summed E-state index contributed by atoms with van der Waals surface area (Å²) in [6.45, 7) is 3.17. The van der Waals surface area contributed by atoms with E-state index in [-0.39, 0.29) is 17.1 Å². The molecule has 1 heterocycles. The molecule has 2 amide bonds. The summed E-state index contributed by atoms with van der Waals surface area (Å²) in [5.41, 5.74) is 0.829. The van der Waals surface area contributed by atoms with Gasteiger partial charge in [0.2, 0.25) is 0 Å². The Bertz CT molecular complexity index is 424. The lowest BCUT2D eigenvalue weighted by Gasteiger charge is -2.11. The molecule has 1 aromatic carbocycles. The van der Waals surface area contributed by atoms with E-state index in [0.29, 0.717) is 13.1 Å². The first-order chi connectivity index (χ1) is 7.61. The Morgan fingerprint density at radius 2 is 2.38 bits per heavy atom. The zero-order chi connectivity index (χ0) is 11.7. The standard InChI is InChI=1S/C11H12ClFN2O/c1-2-15-6-10(14-11(15)16)7-3-4-9(13)8(12)5-7/h3-5,10H,2,6H2,1H3,(H,14,16). The number of halogens is 2. The summed E-state index contributed by atoms with van der Waals surface area (Å²) in [7, 11) is 0. The van der Waals surface area contributed by atoms with Crippen molar-refractivity contribution >= 4 is 17.6 Å². The molecular formula is C11H12ClFN2O. The summed E-state index contributed by atoms with van der Waals surface area (Å²) in [4.78, 5) is 13.1. The van der Waals surface area contributed by atoms with Gasteiger partial charge < -0.3 is 10.2 Å². The number of urea groups is 1. The second-order valence-electron chi connectivity index (χ2n) is 3.71. The van der Waals surface area contributed by atoms with Gasteiger partial charge in [-0.25, -0.2) is 9.18 Å². The predicted molar refractivity (Wildman–Crippen MR) is 59.9 cm³/mol. The zero-order valence-electron chi connectivity index (χ0n) is 8.84. The predicted octanol–water partition coefficient (Wildman–Crippen LogP) is 2.57. The van der Waals surface area contributed by atoms with Crippen molar-refractivity contribution in [3.8, 4) is 0 Å². The largest absolute Gasteiger partial charge is 0.329 e. The fourth-order valence-corrected chi connectivity index (χ4v) is 1.97. The maximum Gasteiger partial charge on any atom is 0.318 e. The van der Waals surface area contributed by atoms with Gasteiger partial charge in [-0.3, -0.25) is 0 Å². The molecule has 0 radical (unpaired) electrons. The molecule has 16 heavy (non-hydrogen) atoms. The second kappa shape index (κ2) is 4.29. The third-order valence-electron chi connectivity index (χ3n) is 2.72. The van der Waals surface area contributed by atoms with Crippen LogP contribution >= 0.6 is 11.6 Å². The van der Waals surface area contributed by atoms with Gasteiger partial charge in [0, 0.05) is 13.1 Å². The maximum absolute atomic E-state index is 13.0. The summed E-state index contributed by atoms with van der Waals surface area (Å²) in [6.07, 6.45) is 0. The minimum absolute atomic E-state index is 0.0849. The Morgan fingerprint density at radius 3 is 2.94 bits per heavy atom. The average Bonchev–Trinajstić information content (AvgIpc) is 2.64. The van der Waals surface area contributed by atoms with E-state index in [1.54, 1.807) is 17.0 Å². The SMILES string of the molecule is CCN1CC(c2ccc(F)c(Cl)c2)NC1=O. The highest BCUT2D eigenvalue weighted by Gasteiger charge is 2.28. The van der Waals surface area contributed by atoms with Crippen molar-refractivity contribution in [2.24, 2.45) is 0 Å². The molecule has 1 fully saturated rings. The van der Waals surface area contributed by atoms with Crippen LogP contribution in [0.15, 0.2) is 18.2 Å². The van der Waals surface area contributed by atoms with E-state index in [4.69, 9.17) is 11.6 Å². The van der Waals surface area contributed by atoms with Gasteiger partial charge in [-0.1, -0.05) is 17.7 Å². The van der Waals surface area contributed by atoms with Gasteiger partial charge in [0.1, 0.15) is 5.82 Å². The van der Waals surface area contributed by atoms with Crippen LogP contribution in [0.25, 0.3) is 0 Å². The number of carbonyl (C=O) groups is 1. The Labute approximate surface area is 98.2 Å². The van der Waals surface area contributed by atoms with E-state index < -0.39 is 5.82 Å². The van der Waals surface area contributed by atoms with E-state index in [1.165, 1.54) is 6.07 Å². The molecule has 1 aromatic rings. The number of carbonyl (C=O) groups excluding carboxylic acids is 1. The molecule has 1 saturated heterocycles. The first-order valence-electron chi connectivity index (χ1n) is 5.12. The van der Waals surface area contributed by atoms with E-state index >= 15 is 0 Å². The molecule has 2 rings (SSSR count). The Hall–Kier alpha value is -1.29. The zero-order valence-corrected chi connectivity index (χ0v) is 9.59. The van der Waals surface area contributed by atoms with Crippen LogP contribution in [-0.2, 0) is 0 Å². The van der Waals surface area contributed by atoms with Gasteiger partial charge in [0.15, 0.2) is 0 Å². The average molecular weight is 243 g/mol. The van der Waals surface area contributed by atoms with Crippen molar-refractivity contribution in [3.63, 3.8) is 0 Å². The van der Waals surface area contributed by atoms with Crippen molar-refractivity contribution in [1.29, 1.82) is 0 Å². The molecule has 0 aromatic heterocycles. The molecule has 1 aliphatic heterocycles. The van der Waals surface area contributed by atoms with Gasteiger partial charge in [0.25, 0.3) is 0 Å². The van der Waals surface area contributed by atoms with Gasteiger partial charge >= 0.3 is 6.03 Å². The highest BCUT2D eigenvalue weighted by molar-refractivity contribution is 6.30. The van der Waals surface area contributed by atoms with Crippen LogP contribution in [0.2, 0.25) is 5.02 Å². The molecule has 0 aliphatic carbocycles. The molecular weight excluding hydrogens is 231 g/mol. The van der Waals surface area contributed by atoms with Crippen molar-refractivity contribution in [3.05, 3.63) is 34.6 Å². The molecule has 5 heteroatoms. The Balaban J connectivity index is 2.20. The number of nitrogens with one attached hydrogen (secondary N) is 1. The second-order valence-corrected chi connectivity index (χ2v) is 4.12. The van der Waals surface area contributed by atoms with Crippen LogP contribution < -0.4 is 5.32 Å². The minimum atomic E-state index is -0.443. The molecule has 1 unspecified atom stereocenters. The molecule has 1 aliphatic rings. The summed E-state index contributed by atoms with van der Waals surface area (Å²) >= 11 is 5.70. The fourth-order valence-electron chi connectivity index (χ4n) is 1.78. The van der Waals surface area contributed by atoms with Crippen LogP contribution in [0.1, 0.15) is 18.5 Å². The first-order valence-corrected chi connectivity index (χ1v) is 5.50. The van der Waals surface area contributed by atoms with Crippen LogP contribution in [-0.4, -0.2) is 24.0 Å². The Morgan fingerprint density at radius 1 is 1.62 bits per heavy atom. The van der Waals surface area contributed by atoms with Crippen molar-refractivity contribution in [1.82, 2.24) is 10.2 Å². The molecule has 3 nitrogen and oxygen atoms in total. The smallest absolute Gasteiger partial charge is 0.318 e. The molecule has 0 bridgehead atoms. The van der Waals surface area contributed by atoms with Crippen molar-refractivity contribution < 1.29 is 9.18 Å². The lowest BCUT2D eigenvalue weighted by molar-refractivity contribution is 0.219. The number of likely N-dealkylation sites (N-methyl/N-ethyl adjacent to an activating group) is 1. The normalized spacial score (nSPS) is 20.1. The summed E-state index contributed by atoms with van der Waals surface area (Å²) < 4.78 is 13.0. The van der Waals surface area contributed by atoms with Gasteiger partial charge in [-0.05, 0) is 24.6 Å². The van der Waals surface area contributed by atoms with Crippen LogP contribution in [0, 0.1) is 5.82 Å². The first kappa shape index (κ1) is 11.2. The number of nitrogens with zero attached hydrogens (tertiary/aromatic N) is 1. The highest BCUT2D eigenvalue weighted by Crippen LogP contribution is 2.24. The van der Waals surface area contributed by atoms with Gasteiger partial charge in [-0.2, -0.15) is 0 Å². The minimum Gasteiger partial charge on any atom is -0.329 e. The van der Waals surface area contributed by atoms with E-state index in [9.17, 15) is 9.18 Å².